The third-order valence-electron chi connectivity index (χ3n) is 4.07. The number of carbonyl (C=O) groups is 1. The number of likely N-dealkylation sites (N-methyl/N-ethyl adjacent to an activating group) is 1. The van der Waals surface area contributed by atoms with Crippen LogP contribution in [0.4, 0.5) is 4.39 Å². The summed E-state index contributed by atoms with van der Waals surface area (Å²) in [5.41, 5.74) is 0.902. The van der Waals surface area contributed by atoms with Crippen molar-refractivity contribution in [2.75, 3.05) is 19.1 Å². The number of carbonyl (C=O) groups excluding carboxylic acids is 1. The highest BCUT2D eigenvalue weighted by Gasteiger charge is 2.29. The van der Waals surface area contributed by atoms with E-state index < -0.39 is 26.8 Å². The van der Waals surface area contributed by atoms with Crippen molar-refractivity contribution in [3.63, 3.8) is 0 Å². The molecule has 9 heteroatoms. The van der Waals surface area contributed by atoms with Gasteiger partial charge in [0.05, 0.1) is 0 Å². The summed E-state index contributed by atoms with van der Waals surface area (Å²) in [4.78, 5) is 13.9. The van der Waals surface area contributed by atoms with E-state index in [1.807, 2.05) is 30.5 Å². The van der Waals surface area contributed by atoms with E-state index in [0.29, 0.717) is 18.7 Å². The Bertz CT molecular complexity index is 925. The van der Waals surface area contributed by atoms with Crippen molar-refractivity contribution in [1.29, 1.82) is 0 Å². The smallest absolute Gasteiger partial charge is 0.244 e. The van der Waals surface area contributed by atoms with Crippen molar-refractivity contribution in [3.8, 4) is 0 Å². The van der Waals surface area contributed by atoms with E-state index in [9.17, 15) is 17.6 Å². The number of rotatable bonds is 9. The number of sulfonamides is 1. The van der Waals surface area contributed by atoms with Gasteiger partial charge in [0, 0.05) is 18.1 Å². The Labute approximate surface area is 177 Å². The zero-order chi connectivity index (χ0) is 20.7. The Morgan fingerprint density at radius 3 is 2.50 bits per heavy atom. The van der Waals surface area contributed by atoms with Gasteiger partial charge in [0.15, 0.2) is 0 Å². The second-order valence-corrected chi connectivity index (χ2v) is 9.69. The lowest BCUT2D eigenvalue weighted by atomic mass is 10.2. The van der Waals surface area contributed by atoms with E-state index in [2.05, 4.69) is 20.7 Å². The average Bonchev–Trinajstić information content (AvgIpc) is 2.66. The van der Waals surface area contributed by atoms with E-state index in [1.165, 1.54) is 34.9 Å². The predicted octanol–water partition coefficient (Wildman–Crippen LogP) is 3.65. The molecule has 1 amide bonds. The molecule has 2 aromatic carbocycles. The Hall–Kier alpha value is -1.42. The van der Waals surface area contributed by atoms with E-state index in [-0.39, 0.29) is 5.91 Å². The fourth-order valence-electron chi connectivity index (χ4n) is 2.61. The van der Waals surface area contributed by atoms with E-state index in [4.69, 9.17) is 0 Å². The zero-order valence-corrected chi connectivity index (χ0v) is 18.8. The zero-order valence-electron chi connectivity index (χ0n) is 15.6. The van der Waals surface area contributed by atoms with Crippen molar-refractivity contribution in [1.82, 2.24) is 9.62 Å². The third-order valence-corrected chi connectivity index (χ3v) is 7.00. The third kappa shape index (κ3) is 6.04. The van der Waals surface area contributed by atoms with E-state index >= 15 is 0 Å². The highest BCUT2D eigenvalue weighted by Crippen LogP contribution is 2.19. The van der Waals surface area contributed by atoms with Crippen LogP contribution in [0.2, 0.25) is 0 Å². The molecule has 0 aromatic heterocycles. The molecule has 2 aromatic rings. The highest BCUT2D eigenvalue weighted by molar-refractivity contribution is 9.10. The minimum Gasteiger partial charge on any atom is -0.340 e. The standard InChI is InChI=1S/C19H22BrFN2O3S2/c1-23(13-14-7-3-4-8-15(14)20)19(24)17(11-12-27-2)22-28(25,26)18-10-6-5-9-16(18)21/h3-10,17,22H,11-13H2,1-2H3. The van der Waals surface area contributed by atoms with E-state index in [0.717, 1.165) is 16.1 Å². The van der Waals surface area contributed by atoms with Crippen molar-refractivity contribution in [2.24, 2.45) is 0 Å². The van der Waals surface area contributed by atoms with Crippen LogP contribution in [0.1, 0.15) is 12.0 Å². The van der Waals surface area contributed by atoms with Crippen LogP contribution in [0.15, 0.2) is 57.9 Å². The van der Waals surface area contributed by atoms with Crippen molar-refractivity contribution in [3.05, 3.63) is 64.4 Å². The van der Waals surface area contributed by atoms with Crippen LogP contribution < -0.4 is 4.72 Å². The number of benzene rings is 2. The normalized spacial score (nSPS) is 12.6. The molecule has 0 aliphatic carbocycles. The first kappa shape index (κ1) is 22.9. The number of nitrogens with one attached hydrogen (secondary N) is 1. The average molecular weight is 489 g/mol. The van der Waals surface area contributed by atoms with E-state index in [1.54, 1.807) is 7.05 Å². The Morgan fingerprint density at radius 1 is 1.21 bits per heavy atom. The summed E-state index contributed by atoms with van der Waals surface area (Å²) in [6.07, 6.45) is 2.17. The first-order valence-electron chi connectivity index (χ1n) is 8.50. The molecule has 0 radical (unpaired) electrons. The summed E-state index contributed by atoms with van der Waals surface area (Å²) in [5, 5.41) is 0. The molecule has 0 saturated heterocycles. The molecule has 0 bridgehead atoms. The van der Waals surface area contributed by atoms with Gasteiger partial charge in [-0.15, -0.1) is 0 Å². The van der Waals surface area contributed by atoms with Crippen LogP contribution in [0.3, 0.4) is 0 Å². The molecule has 1 atom stereocenters. The fourth-order valence-corrected chi connectivity index (χ4v) is 4.79. The second-order valence-electron chi connectivity index (χ2n) is 6.17. The molecule has 28 heavy (non-hydrogen) atoms. The van der Waals surface area contributed by atoms with Gasteiger partial charge in [-0.05, 0) is 42.2 Å². The molecule has 0 aliphatic rings. The van der Waals surface area contributed by atoms with Crippen LogP contribution >= 0.6 is 27.7 Å². The lowest BCUT2D eigenvalue weighted by Crippen LogP contribution is -2.47. The summed E-state index contributed by atoms with van der Waals surface area (Å²) < 4.78 is 42.5. The molecule has 1 N–H and O–H groups in total. The predicted molar refractivity (Wildman–Crippen MR) is 114 cm³/mol. The molecular weight excluding hydrogens is 467 g/mol. The molecule has 0 fully saturated rings. The minimum absolute atomic E-state index is 0.300. The Kier molecular flexibility index (Phi) is 8.48. The van der Waals surface area contributed by atoms with Gasteiger partial charge in [0.1, 0.15) is 16.8 Å². The Balaban J connectivity index is 2.21. The topological polar surface area (TPSA) is 66.5 Å². The van der Waals surface area contributed by atoms with Gasteiger partial charge in [-0.2, -0.15) is 16.5 Å². The van der Waals surface area contributed by atoms with Gasteiger partial charge < -0.3 is 4.90 Å². The minimum atomic E-state index is -4.17. The van der Waals surface area contributed by atoms with Crippen molar-refractivity contribution in [2.45, 2.75) is 23.9 Å². The fraction of sp³-hybridized carbons (Fsp3) is 0.316. The second kappa shape index (κ2) is 10.4. The number of nitrogens with zero attached hydrogens (tertiary/aromatic N) is 1. The number of hydrogen-bond acceptors (Lipinski definition) is 4. The summed E-state index contributed by atoms with van der Waals surface area (Å²) >= 11 is 4.95. The Morgan fingerprint density at radius 2 is 1.86 bits per heavy atom. The monoisotopic (exact) mass is 488 g/mol. The SMILES string of the molecule is CSCCC(NS(=O)(=O)c1ccccc1F)C(=O)N(C)Cc1ccccc1Br. The lowest BCUT2D eigenvalue weighted by Gasteiger charge is -2.25. The largest absolute Gasteiger partial charge is 0.340 e. The number of thioether (sulfide) groups is 1. The first-order chi connectivity index (χ1) is 13.3. The van der Waals surface area contributed by atoms with Crippen molar-refractivity contribution < 1.29 is 17.6 Å². The molecule has 0 heterocycles. The van der Waals surface area contributed by atoms with Gasteiger partial charge in [0.25, 0.3) is 0 Å². The van der Waals surface area contributed by atoms with Crippen LogP contribution in [0.5, 0.6) is 0 Å². The highest BCUT2D eigenvalue weighted by atomic mass is 79.9. The number of halogens is 2. The van der Waals surface area contributed by atoms with Gasteiger partial charge in [-0.3, -0.25) is 4.79 Å². The first-order valence-corrected chi connectivity index (χ1v) is 12.2. The van der Waals surface area contributed by atoms with Crippen molar-refractivity contribution >= 4 is 43.6 Å². The molecular formula is C19H22BrFN2O3S2. The maximum atomic E-state index is 14.0. The number of hydrogen-bond donors (Lipinski definition) is 1. The molecule has 1 unspecified atom stereocenters. The maximum Gasteiger partial charge on any atom is 0.244 e. The van der Waals surface area contributed by atoms with Gasteiger partial charge in [0.2, 0.25) is 15.9 Å². The maximum absolute atomic E-state index is 14.0. The van der Waals surface area contributed by atoms with Crippen LogP contribution in [0, 0.1) is 5.82 Å². The lowest BCUT2D eigenvalue weighted by molar-refractivity contribution is -0.132. The van der Waals surface area contributed by atoms with Crippen LogP contribution in [0.25, 0.3) is 0 Å². The molecule has 0 saturated carbocycles. The van der Waals surface area contributed by atoms with Crippen LogP contribution in [-0.4, -0.2) is 44.3 Å². The molecule has 2 rings (SSSR count). The van der Waals surface area contributed by atoms with Crippen LogP contribution in [-0.2, 0) is 21.4 Å². The number of amides is 1. The summed E-state index contributed by atoms with van der Waals surface area (Å²) in [7, 11) is -2.55. The summed E-state index contributed by atoms with van der Waals surface area (Å²) in [5.74, 6) is -0.642. The summed E-state index contributed by atoms with van der Waals surface area (Å²) in [6.45, 7) is 0.317. The molecule has 0 spiro atoms. The molecule has 5 nitrogen and oxygen atoms in total. The van der Waals surface area contributed by atoms with Gasteiger partial charge >= 0.3 is 0 Å². The molecule has 0 aliphatic heterocycles. The molecule has 152 valence electrons. The van der Waals surface area contributed by atoms with Gasteiger partial charge in [-0.1, -0.05) is 46.3 Å². The van der Waals surface area contributed by atoms with Gasteiger partial charge in [-0.25, -0.2) is 12.8 Å². The quantitative estimate of drug-likeness (QED) is 0.584. The summed E-state index contributed by atoms with van der Waals surface area (Å²) in [6, 6.07) is 11.6.